The number of hydrogen-bond donors (Lipinski definition) is 1. The third-order valence-electron chi connectivity index (χ3n) is 7.04. The molecule has 0 spiro atoms. The van der Waals surface area contributed by atoms with E-state index in [1.54, 1.807) is 19.4 Å². The Morgan fingerprint density at radius 1 is 1.26 bits per heavy atom. The summed E-state index contributed by atoms with van der Waals surface area (Å²) in [6, 6.07) is 3.51. The number of methoxy groups -OCH3 is 1. The van der Waals surface area contributed by atoms with Crippen molar-refractivity contribution in [2.75, 3.05) is 19.0 Å². The summed E-state index contributed by atoms with van der Waals surface area (Å²) in [6.45, 7) is 7.08. The van der Waals surface area contributed by atoms with Gasteiger partial charge in [-0.2, -0.15) is 0 Å². The van der Waals surface area contributed by atoms with Crippen LogP contribution in [0.4, 0.5) is 5.13 Å². The lowest BCUT2D eigenvalue weighted by atomic mass is 9.86. The number of aromatic nitrogens is 4. The van der Waals surface area contributed by atoms with E-state index in [0.29, 0.717) is 50.5 Å². The zero-order valence-corrected chi connectivity index (χ0v) is 21.7. The Labute approximate surface area is 213 Å². The molecule has 1 amide bonds. The van der Waals surface area contributed by atoms with Crippen molar-refractivity contribution >= 4 is 34.0 Å². The number of pyridine rings is 2. The van der Waals surface area contributed by atoms with E-state index in [-0.39, 0.29) is 11.5 Å². The Hall–Kier alpha value is -2.62. The Bertz CT molecular complexity index is 1260. The van der Waals surface area contributed by atoms with E-state index in [0.717, 1.165) is 36.6 Å². The molecule has 8 nitrogen and oxygen atoms in total. The molecule has 1 saturated carbocycles. The molecular weight excluding hydrogens is 486 g/mol. The van der Waals surface area contributed by atoms with Crippen molar-refractivity contribution in [3.8, 4) is 16.9 Å². The molecule has 5 rings (SSSR count). The summed E-state index contributed by atoms with van der Waals surface area (Å²) in [4.78, 5) is 21.6. The van der Waals surface area contributed by atoms with E-state index in [9.17, 15) is 4.79 Å². The van der Waals surface area contributed by atoms with Crippen LogP contribution in [0.25, 0.3) is 11.1 Å². The summed E-state index contributed by atoms with van der Waals surface area (Å²) in [5.41, 5.74) is 2.43. The fourth-order valence-electron chi connectivity index (χ4n) is 4.86. The highest BCUT2D eigenvalue weighted by Gasteiger charge is 2.46. The summed E-state index contributed by atoms with van der Waals surface area (Å²) < 4.78 is 11.3. The Kier molecular flexibility index (Phi) is 6.50. The molecule has 0 bridgehead atoms. The largest absolute Gasteiger partial charge is 0.494 e. The van der Waals surface area contributed by atoms with Crippen LogP contribution in [0, 0.1) is 18.8 Å². The first-order valence-corrected chi connectivity index (χ1v) is 12.9. The summed E-state index contributed by atoms with van der Waals surface area (Å²) in [7, 11) is 1.55. The van der Waals surface area contributed by atoms with Gasteiger partial charge in [0.05, 0.1) is 24.5 Å². The lowest BCUT2D eigenvalue weighted by Gasteiger charge is -2.25. The summed E-state index contributed by atoms with van der Waals surface area (Å²) in [5, 5.41) is 13.3. The summed E-state index contributed by atoms with van der Waals surface area (Å²) >= 11 is 7.58. The molecule has 1 aliphatic heterocycles. The SMILES string of the molecule is COc1cnc(Cl)cc1-c1cc(C)ncc1C(=O)Nc1nnc(C2CC2C[C@H]2CCOC2(C)C)s1. The van der Waals surface area contributed by atoms with Gasteiger partial charge in [-0.15, -0.1) is 10.2 Å². The number of nitrogens with one attached hydrogen (secondary N) is 1. The van der Waals surface area contributed by atoms with Crippen LogP contribution >= 0.6 is 22.9 Å². The quantitative estimate of drug-likeness (QED) is 0.415. The van der Waals surface area contributed by atoms with Crippen molar-refractivity contribution in [3.63, 3.8) is 0 Å². The number of rotatable bonds is 7. The molecule has 1 N–H and O–H groups in total. The topological polar surface area (TPSA) is 99.1 Å². The molecule has 2 aliphatic rings. The predicted molar refractivity (Wildman–Crippen MR) is 135 cm³/mol. The predicted octanol–water partition coefficient (Wildman–Crippen LogP) is 5.53. The first kappa shape index (κ1) is 24.1. The Morgan fingerprint density at radius 3 is 2.83 bits per heavy atom. The normalized spacial score (nSPS) is 22.7. The van der Waals surface area contributed by atoms with E-state index in [1.807, 2.05) is 13.0 Å². The number of amides is 1. The molecule has 0 aromatic carbocycles. The standard InChI is InChI=1S/C25H28ClN5O3S/c1-13-7-17(18-10-21(26)28-12-20(18)33-4)19(11-27-13)22(32)29-24-31-30-23(35-24)16-9-14(16)8-15-5-6-34-25(15,2)3/h7,10-12,14-16H,5-6,8-9H2,1-4H3,(H,29,31,32)/t14?,15-,16?/m1/s1. The maximum atomic E-state index is 13.2. The zero-order valence-electron chi connectivity index (χ0n) is 20.2. The second-order valence-electron chi connectivity index (χ2n) is 9.75. The molecule has 2 fully saturated rings. The minimum absolute atomic E-state index is 0.0467. The lowest BCUT2D eigenvalue weighted by molar-refractivity contribution is 0.00786. The van der Waals surface area contributed by atoms with Crippen molar-refractivity contribution in [1.29, 1.82) is 0 Å². The van der Waals surface area contributed by atoms with Gasteiger partial charge in [0.1, 0.15) is 15.9 Å². The molecular formula is C25H28ClN5O3S. The van der Waals surface area contributed by atoms with E-state index in [2.05, 4.69) is 39.3 Å². The monoisotopic (exact) mass is 513 g/mol. The van der Waals surface area contributed by atoms with Crippen LogP contribution in [-0.2, 0) is 4.74 Å². The second kappa shape index (κ2) is 9.44. The fourth-order valence-corrected chi connectivity index (χ4v) is 5.96. The molecule has 3 aromatic heterocycles. The van der Waals surface area contributed by atoms with Gasteiger partial charge < -0.3 is 9.47 Å². The van der Waals surface area contributed by atoms with Gasteiger partial charge in [0.2, 0.25) is 5.13 Å². The number of aryl methyl sites for hydroxylation is 1. The molecule has 10 heteroatoms. The molecule has 3 aromatic rings. The third kappa shape index (κ3) is 5.03. The third-order valence-corrected chi connectivity index (χ3v) is 8.22. The fraction of sp³-hybridized carbons (Fsp3) is 0.480. The molecule has 1 aliphatic carbocycles. The smallest absolute Gasteiger partial charge is 0.259 e. The molecule has 1 saturated heterocycles. The van der Waals surface area contributed by atoms with Gasteiger partial charge in [-0.25, -0.2) is 4.98 Å². The first-order valence-electron chi connectivity index (χ1n) is 11.7. The second-order valence-corrected chi connectivity index (χ2v) is 11.1. The van der Waals surface area contributed by atoms with Crippen molar-refractivity contribution in [2.45, 2.75) is 51.6 Å². The van der Waals surface area contributed by atoms with Gasteiger partial charge in [0, 0.05) is 35.5 Å². The van der Waals surface area contributed by atoms with Crippen molar-refractivity contribution in [1.82, 2.24) is 20.2 Å². The minimum Gasteiger partial charge on any atom is -0.494 e. The van der Waals surface area contributed by atoms with Crippen LogP contribution in [0.15, 0.2) is 24.5 Å². The molecule has 0 radical (unpaired) electrons. The molecule has 35 heavy (non-hydrogen) atoms. The van der Waals surface area contributed by atoms with Gasteiger partial charge in [0.15, 0.2) is 0 Å². The van der Waals surface area contributed by atoms with Crippen LogP contribution < -0.4 is 10.1 Å². The highest BCUT2D eigenvalue weighted by molar-refractivity contribution is 7.15. The number of carbonyl (C=O) groups excluding carboxylic acids is 1. The van der Waals surface area contributed by atoms with Crippen LogP contribution in [0.2, 0.25) is 5.15 Å². The number of hydrogen-bond acceptors (Lipinski definition) is 8. The highest BCUT2D eigenvalue weighted by atomic mass is 35.5. The van der Waals surface area contributed by atoms with Crippen LogP contribution in [0.5, 0.6) is 5.75 Å². The maximum absolute atomic E-state index is 13.2. The average Bonchev–Trinajstić information content (AvgIpc) is 3.29. The van der Waals surface area contributed by atoms with Crippen molar-refractivity contribution in [2.24, 2.45) is 11.8 Å². The van der Waals surface area contributed by atoms with Gasteiger partial charge >= 0.3 is 0 Å². The zero-order chi connectivity index (χ0) is 24.7. The van der Waals surface area contributed by atoms with E-state index in [1.165, 1.54) is 17.5 Å². The van der Waals surface area contributed by atoms with Gasteiger partial charge in [-0.3, -0.25) is 15.1 Å². The molecule has 2 unspecified atom stereocenters. The lowest BCUT2D eigenvalue weighted by Crippen LogP contribution is -2.27. The Balaban J connectivity index is 1.31. The summed E-state index contributed by atoms with van der Waals surface area (Å²) in [6.07, 6.45) is 6.47. The number of carbonyl (C=O) groups is 1. The first-order chi connectivity index (χ1) is 16.7. The van der Waals surface area contributed by atoms with E-state index in [4.69, 9.17) is 21.1 Å². The minimum atomic E-state index is -0.317. The molecule has 184 valence electrons. The Morgan fingerprint density at radius 2 is 2.09 bits per heavy atom. The number of halogens is 1. The van der Waals surface area contributed by atoms with Gasteiger partial charge in [-0.05, 0) is 64.0 Å². The molecule has 3 atom stereocenters. The number of ether oxygens (including phenoxy) is 2. The summed E-state index contributed by atoms with van der Waals surface area (Å²) in [5.74, 6) is 1.80. The maximum Gasteiger partial charge on any atom is 0.259 e. The van der Waals surface area contributed by atoms with Crippen molar-refractivity contribution < 1.29 is 14.3 Å². The van der Waals surface area contributed by atoms with Gasteiger partial charge in [0.25, 0.3) is 5.91 Å². The van der Waals surface area contributed by atoms with Crippen LogP contribution in [0.3, 0.4) is 0 Å². The van der Waals surface area contributed by atoms with Gasteiger partial charge in [-0.1, -0.05) is 22.9 Å². The van der Waals surface area contributed by atoms with Crippen molar-refractivity contribution in [3.05, 3.63) is 45.9 Å². The average molecular weight is 514 g/mol. The number of nitrogens with zero attached hydrogens (tertiary/aromatic N) is 4. The van der Waals surface area contributed by atoms with E-state index >= 15 is 0 Å². The number of anilines is 1. The van der Waals surface area contributed by atoms with Crippen LogP contribution in [-0.4, -0.2) is 45.4 Å². The highest BCUT2D eigenvalue weighted by Crippen LogP contribution is 2.54. The van der Waals surface area contributed by atoms with Crippen LogP contribution in [0.1, 0.15) is 60.1 Å². The molecule has 4 heterocycles. The van der Waals surface area contributed by atoms with E-state index < -0.39 is 0 Å².